The summed E-state index contributed by atoms with van der Waals surface area (Å²) in [5.74, 6) is 0. The zero-order valence-electron chi connectivity index (χ0n) is 9.90. The van der Waals surface area contributed by atoms with Crippen molar-refractivity contribution in [3.8, 4) is 0 Å². The van der Waals surface area contributed by atoms with Crippen LogP contribution in [0.4, 0.5) is 5.69 Å². The molecule has 0 spiro atoms. The maximum Gasteiger partial charge on any atom is 0.243 e. The molecule has 5 heteroatoms. The van der Waals surface area contributed by atoms with Gasteiger partial charge in [-0.2, -0.15) is 0 Å². The Morgan fingerprint density at radius 1 is 1.38 bits per heavy atom. The first-order valence-corrected chi connectivity index (χ1v) is 6.66. The first kappa shape index (κ1) is 13.0. The molecule has 0 heterocycles. The lowest BCUT2D eigenvalue weighted by atomic mass is 10.2. The van der Waals surface area contributed by atoms with Gasteiger partial charge in [0.1, 0.15) is 0 Å². The molecule has 0 radical (unpaired) electrons. The van der Waals surface area contributed by atoms with Crippen molar-refractivity contribution in [3.05, 3.63) is 23.8 Å². The van der Waals surface area contributed by atoms with Gasteiger partial charge in [-0.3, -0.25) is 0 Å². The molecule has 0 unspecified atom stereocenters. The minimum atomic E-state index is -3.40. The molecule has 16 heavy (non-hydrogen) atoms. The largest absolute Gasteiger partial charge is 0.398 e. The summed E-state index contributed by atoms with van der Waals surface area (Å²) in [6, 6.07) is 4.95. The number of hydrogen-bond acceptors (Lipinski definition) is 3. The zero-order chi connectivity index (χ0) is 12.3. The molecule has 90 valence electrons. The minimum absolute atomic E-state index is 0.295. The van der Waals surface area contributed by atoms with Crippen LogP contribution >= 0.6 is 0 Å². The molecule has 0 saturated carbocycles. The Hall–Kier alpha value is -1.07. The van der Waals surface area contributed by atoms with Crippen LogP contribution in [0.15, 0.2) is 23.1 Å². The summed E-state index contributed by atoms with van der Waals surface area (Å²) in [5.41, 5.74) is 6.83. The molecule has 0 bridgehead atoms. The standard InChI is InChI=1S/C11H18N2O2S/c1-4-8-13(3)16(14,15)11-7-5-6-10(12)9(11)2/h5-7H,4,8,12H2,1-3H3. The predicted molar refractivity (Wildman–Crippen MR) is 65.7 cm³/mol. The second-order valence-corrected chi connectivity index (χ2v) is 5.81. The average Bonchev–Trinajstić information content (AvgIpc) is 2.22. The van der Waals surface area contributed by atoms with E-state index < -0.39 is 10.0 Å². The van der Waals surface area contributed by atoms with Gasteiger partial charge in [0.2, 0.25) is 10.0 Å². The number of rotatable bonds is 4. The molecule has 0 aliphatic rings. The van der Waals surface area contributed by atoms with Crippen molar-refractivity contribution in [2.45, 2.75) is 25.2 Å². The molecule has 0 amide bonds. The number of nitrogens with zero attached hydrogens (tertiary/aromatic N) is 1. The number of hydrogen-bond donors (Lipinski definition) is 1. The van der Waals surface area contributed by atoms with E-state index in [4.69, 9.17) is 5.73 Å². The van der Waals surface area contributed by atoms with Crippen LogP contribution in [0, 0.1) is 6.92 Å². The van der Waals surface area contributed by atoms with Crippen LogP contribution in [0.2, 0.25) is 0 Å². The third kappa shape index (κ3) is 2.36. The highest BCUT2D eigenvalue weighted by molar-refractivity contribution is 7.89. The molecule has 0 aliphatic carbocycles. The Balaban J connectivity index is 3.22. The van der Waals surface area contributed by atoms with E-state index >= 15 is 0 Å². The Labute approximate surface area is 97.1 Å². The van der Waals surface area contributed by atoms with Crippen molar-refractivity contribution in [2.24, 2.45) is 0 Å². The molecule has 2 N–H and O–H groups in total. The van der Waals surface area contributed by atoms with Crippen molar-refractivity contribution in [2.75, 3.05) is 19.3 Å². The van der Waals surface area contributed by atoms with Crippen LogP contribution in [-0.2, 0) is 10.0 Å². The summed E-state index contributed by atoms with van der Waals surface area (Å²) in [6.07, 6.45) is 0.789. The van der Waals surface area contributed by atoms with Gasteiger partial charge in [-0.1, -0.05) is 13.0 Å². The molecule has 4 nitrogen and oxygen atoms in total. The van der Waals surface area contributed by atoms with E-state index in [9.17, 15) is 8.42 Å². The molecule has 1 aromatic carbocycles. The lowest BCUT2D eigenvalue weighted by molar-refractivity contribution is 0.468. The summed E-state index contributed by atoms with van der Waals surface area (Å²) in [6.45, 7) is 4.18. The number of anilines is 1. The fraction of sp³-hybridized carbons (Fsp3) is 0.455. The van der Waals surface area contributed by atoms with E-state index in [1.807, 2.05) is 6.92 Å². The molecule has 0 saturated heterocycles. The normalized spacial score (nSPS) is 12.0. The van der Waals surface area contributed by atoms with Crippen molar-refractivity contribution >= 4 is 15.7 Å². The van der Waals surface area contributed by atoms with E-state index in [2.05, 4.69) is 0 Å². The maximum absolute atomic E-state index is 12.2. The monoisotopic (exact) mass is 242 g/mol. The fourth-order valence-corrected chi connectivity index (χ4v) is 3.03. The molecular formula is C11H18N2O2S. The predicted octanol–water partition coefficient (Wildman–Crippen LogP) is 1.61. The third-order valence-corrected chi connectivity index (χ3v) is 4.55. The molecule has 0 atom stereocenters. The molecule has 1 aromatic rings. The Morgan fingerprint density at radius 2 is 2.00 bits per heavy atom. The van der Waals surface area contributed by atoms with Crippen molar-refractivity contribution in [3.63, 3.8) is 0 Å². The number of sulfonamides is 1. The second-order valence-electron chi connectivity index (χ2n) is 3.80. The van der Waals surface area contributed by atoms with Gasteiger partial charge in [-0.25, -0.2) is 12.7 Å². The molecule has 0 aromatic heterocycles. The molecule has 1 rings (SSSR count). The van der Waals surface area contributed by atoms with Gasteiger partial charge >= 0.3 is 0 Å². The lowest BCUT2D eigenvalue weighted by Gasteiger charge is -2.18. The average molecular weight is 242 g/mol. The van der Waals surface area contributed by atoms with E-state index in [1.54, 1.807) is 32.2 Å². The first-order chi connectivity index (χ1) is 7.41. The Morgan fingerprint density at radius 3 is 2.56 bits per heavy atom. The van der Waals surface area contributed by atoms with Gasteiger partial charge in [0, 0.05) is 19.3 Å². The number of nitrogen functional groups attached to an aromatic ring is 1. The first-order valence-electron chi connectivity index (χ1n) is 5.22. The highest BCUT2D eigenvalue weighted by Crippen LogP contribution is 2.23. The maximum atomic E-state index is 12.2. The van der Waals surface area contributed by atoms with E-state index in [0.29, 0.717) is 22.7 Å². The van der Waals surface area contributed by atoms with Crippen molar-refractivity contribution in [1.82, 2.24) is 4.31 Å². The highest BCUT2D eigenvalue weighted by Gasteiger charge is 2.22. The summed E-state index contributed by atoms with van der Waals surface area (Å²) in [7, 11) is -1.82. The molecular weight excluding hydrogens is 224 g/mol. The van der Waals surface area contributed by atoms with Crippen LogP contribution in [0.5, 0.6) is 0 Å². The molecule has 0 fully saturated rings. The molecule has 0 aliphatic heterocycles. The number of nitrogens with two attached hydrogens (primary N) is 1. The van der Waals surface area contributed by atoms with E-state index in [0.717, 1.165) is 6.42 Å². The van der Waals surface area contributed by atoms with Crippen molar-refractivity contribution < 1.29 is 8.42 Å². The van der Waals surface area contributed by atoms with E-state index in [1.165, 1.54) is 4.31 Å². The highest BCUT2D eigenvalue weighted by atomic mass is 32.2. The topological polar surface area (TPSA) is 63.4 Å². The van der Waals surface area contributed by atoms with E-state index in [-0.39, 0.29) is 0 Å². The van der Waals surface area contributed by atoms with Crippen LogP contribution in [0.3, 0.4) is 0 Å². The van der Waals surface area contributed by atoms with Gasteiger partial charge in [-0.15, -0.1) is 0 Å². The van der Waals surface area contributed by atoms with Crippen LogP contribution in [0.25, 0.3) is 0 Å². The number of benzene rings is 1. The van der Waals surface area contributed by atoms with Crippen LogP contribution < -0.4 is 5.73 Å². The zero-order valence-corrected chi connectivity index (χ0v) is 10.7. The van der Waals surface area contributed by atoms with Gasteiger partial charge in [0.25, 0.3) is 0 Å². The van der Waals surface area contributed by atoms with Gasteiger partial charge in [0.15, 0.2) is 0 Å². The summed E-state index contributed by atoms with van der Waals surface area (Å²) in [5, 5.41) is 0. The SMILES string of the molecule is CCCN(C)S(=O)(=O)c1cccc(N)c1C. The Bertz CT molecular complexity index is 469. The van der Waals surface area contributed by atoms with Crippen LogP contribution in [-0.4, -0.2) is 26.3 Å². The smallest absolute Gasteiger partial charge is 0.243 e. The third-order valence-electron chi connectivity index (χ3n) is 2.55. The summed E-state index contributed by atoms with van der Waals surface area (Å²) < 4.78 is 25.7. The lowest BCUT2D eigenvalue weighted by Crippen LogP contribution is -2.28. The summed E-state index contributed by atoms with van der Waals surface area (Å²) in [4.78, 5) is 0.295. The summed E-state index contributed by atoms with van der Waals surface area (Å²) >= 11 is 0. The van der Waals surface area contributed by atoms with Gasteiger partial charge in [-0.05, 0) is 31.0 Å². The van der Waals surface area contributed by atoms with Crippen molar-refractivity contribution in [1.29, 1.82) is 0 Å². The Kier molecular flexibility index (Phi) is 3.93. The quantitative estimate of drug-likeness (QED) is 0.816. The van der Waals surface area contributed by atoms with Gasteiger partial charge in [0.05, 0.1) is 4.90 Å². The van der Waals surface area contributed by atoms with Gasteiger partial charge < -0.3 is 5.73 Å². The minimum Gasteiger partial charge on any atom is -0.398 e. The fourth-order valence-electron chi connectivity index (χ4n) is 1.51. The van der Waals surface area contributed by atoms with Crippen LogP contribution in [0.1, 0.15) is 18.9 Å². The second kappa shape index (κ2) is 4.84.